The van der Waals surface area contributed by atoms with E-state index in [9.17, 15) is 9.59 Å². The number of imide groups is 1. The Balaban J connectivity index is 1.88. The van der Waals surface area contributed by atoms with Gasteiger partial charge in [0.2, 0.25) is 5.91 Å². The molecule has 0 saturated heterocycles. The number of benzene rings is 1. The van der Waals surface area contributed by atoms with E-state index in [-0.39, 0.29) is 6.04 Å². The molecule has 0 heterocycles. The normalized spacial score (nSPS) is 15.8. The fourth-order valence-electron chi connectivity index (χ4n) is 2.89. The van der Waals surface area contributed by atoms with E-state index >= 15 is 0 Å². The molecule has 3 N–H and O–H groups in total. The summed E-state index contributed by atoms with van der Waals surface area (Å²) in [6.07, 6.45) is 5.39. The summed E-state index contributed by atoms with van der Waals surface area (Å²) in [5, 5.41) is 8.30. The second-order valence-corrected chi connectivity index (χ2v) is 6.27. The first-order valence-electron chi connectivity index (χ1n) is 8.62. The number of hydrogen-bond donors (Lipinski definition) is 3. The molecular formula is C18H27N3O4. The summed E-state index contributed by atoms with van der Waals surface area (Å²) in [5.74, 6) is 0.837. The molecule has 0 aliphatic heterocycles. The smallest absolute Gasteiger partial charge is 0.321 e. The number of ether oxygens (including phenoxy) is 2. The number of carbonyl (C=O) groups excluding carboxylic acids is 2. The van der Waals surface area contributed by atoms with Crippen LogP contribution in [0.4, 0.5) is 10.5 Å². The molecule has 0 radical (unpaired) electrons. The maximum Gasteiger partial charge on any atom is 0.321 e. The summed E-state index contributed by atoms with van der Waals surface area (Å²) in [6, 6.07) is 4.39. The van der Waals surface area contributed by atoms with Crippen LogP contribution in [0.1, 0.15) is 39.0 Å². The number of hydrogen-bond acceptors (Lipinski definition) is 5. The van der Waals surface area contributed by atoms with Gasteiger partial charge in [0.1, 0.15) is 17.5 Å². The number of amides is 3. The van der Waals surface area contributed by atoms with Crippen molar-refractivity contribution in [2.24, 2.45) is 0 Å². The number of nitrogens with one attached hydrogen (secondary N) is 3. The fraction of sp³-hybridized carbons (Fsp3) is 0.556. The van der Waals surface area contributed by atoms with Crippen molar-refractivity contribution in [2.45, 2.75) is 51.1 Å². The summed E-state index contributed by atoms with van der Waals surface area (Å²) in [7, 11) is 3.12. The first-order valence-corrected chi connectivity index (χ1v) is 8.62. The Bertz CT molecular complexity index is 578. The molecule has 1 fully saturated rings. The molecular weight excluding hydrogens is 322 g/mol. The SMILES string of the molecule is COc1cc(N[C@H](C)C(=O)NC(=O)NC2CCCCC2)cc(OC)c1. The van der Waals surface area contributed by atoms with Crippen molar-refractivity contribution in [2.75, 3.05) is 19.5 Å². The average Bonchev–Trinajstić information content (AvgIpc) is 2.61. The minimum Gasteiger partial charge on any atom is -0.497 e. The van der Waals surface area contributed by atoms with Crippen LogP contribution in [-0.2, 0) is 4.79 Å². The number of rotatable bonds is 6. The minimum atomic E-state index is -0.589. The van der Waals surface area contributed by atoms with Crippen molar-refractivity contribution in [3.63, 3.8) is 0 Å². The molecule has 138 valence electrons. The summed E-state index contributed by atoms with van der Waals surface area (Å²) < 4.78 is 10.4. The molecule has 0 bridgehead atoms. The van der Waals surface area contributed by atoms with E-state index < -0.39 is 18.0 Å². The third-order valence-electron chi connectivity index (χ3n) is 4.31. The Labute approximate surface area is 148 Å². The molecule has 0 spiro atoms. The van der Waals surface area contributed by atoms with E-state index in [0.29, 0.717) is 17.2 Å². The monoisotopic (exact) mass is 349 g/mol. The van der Waals surface area contributed by atoms with Gasteiger partial charge in [-0.15, -0.1) is 0 Å². The van der Waals surface area contributed by atoms with E-state index in [4.69, 9.17) is 9.47 Å². The van der Waals surface area contributed by atoms with E-state index in [0.717, 1.165) is 25.7 Å². The first-order chi connectivity index (χ1) is 12.0. The number of urea groups is 1. The highest BCUT2D eigenvalue weighted by Gasteiger charge is 2.20. The lowest BCUT2D eigenvalue weighted by Crippen LogP contribution is -2.49. The van der Waals surface area contributed by atoms with Crippen LogP contribution in [-0.4, -0.2) is 38.2 Å². The molecule has 25 heavy (non-hydrogen) atoms. The molecule has 1 aliphatic rings. The lowest BCUT2D eigenvalue weighted by Gasteiger charge is -2.23. The van der Waals surface area contributed by atoms with Crippen molar-refractivity contribution in [3.8, 4) is 11.5 Å². The average molecular weight is 349 g/mol. The Hall–Kier alpha value is -2.44. The summed E-state index contributed by atoms with van der Waals surface area (Å²) in [6.45, 7) is 1.69. The van der Waals surface area contributed by atoms with Gasteiger partial charge in [0.25, 0.3) is 0 Å². The standard InChI is InChI=1S/C18H27N3O4/c1-12(19-14-9-15(24-2)11-16(10-14)25-3)17(22)21-18(23)20-13-7-5-4-6-8-13/h9-13,19H,4-8H2,1-3H3,(H2,20,21,22,23)/t12-/m1/s1. The molecule has 7 nitrogen and oxygen atoms in total. The molecule has 0 aromatic heterocycles. The van der Waals surface area contributed by atoms with Crippen molar-refractivity contribution < 1.29 is 19.1 Å². The molecule has 3 amide bonds. The Morgan fingerprint density at radius 3 is 2.20 bits per heavy atom. The zero-order valence-electron chi connectivity index (χ0n) is 15.1. The van der Waals surface area contributed by atoms with Crippen LogP contribution in [0.3, 0.4) is 0 Å². The predicted molar refractivity (Wildman–Crippen MR) is 96.2 cm³/mol. The van der Waals surface area contributed by atoms with E-state index in [1.807, 2.05) is 0 Å². The topological polar surface area (TPSA) is 88.7 Å². The van der Waals surface area contributed by atoms with Crippen molar-refractivity contribution >= 4 is 17.6 Å². The van der Waals surface area contributed by atoms with Gasteiger partial charge in [-0.2, -0.15) is 0 Å². The van der Waals surface area contributed by atoms with Crippen LogP contribution in [0, 0.1) is 0 Å². The zero-order chi connectivity index (χ0) is 18.2. The second-order valence-electron chi connectivity index (χ2n) is 6.27. The van der Waals surface area contributed by atoms with Crippen molar-refractivity contribution in [1.29, 1.82) is 0 Å². The largest absolute Gasteiger partial charge is 0.497 e. The van der Waals surface area contributed by atoms with Crippen LogP contribution in [0.5, 0.6) is 11.5 Å². The molecule has 1 aliphatic carbocycles. The van der Waals surface area contributed by atoms with E-state index in [1.165, 1.54) is 6.42 Å². The van der Waals surface area contributed by atoms with Crippen LogP contribution < -0.4 is 25.4 Å². The van der Waals surface area contributed by atoms with Crippen molar-refractivity contribution in [1.82, 2.24) is 10.6 Å². The maximum atomic E-state index is 12.2. The summed E-state index contributed by atoms with van der Waals surface area (Å²) in [5.41, 5.74) is 0.673. The Kier molecular flexibility index (Phi) is 6.91. The minimum absolute atomic E-state index is 0.160. The lowest BCUT2D eigenvalue weighted by molar-refractivity contribution is -0.120. The van der Waals surface area contributed by atoms with Gasteiger partial charge < -0.3 is 20.1 Å². The summed E-state index contributed by atoms with van der Waals surface area (Å²) in [4.78, 5) is 24.2. The highest BCUT2D eigenvalue weighted by atomic mass is 16.5. The quantitative estimate of drug-likeness (QED) is 0.735. The number of methoxy groups -OCH3 is 2. The van der Waals surface area contributed by atoms with Crippen LogP contribution in [0.15, 0.2) is 18.2 Å². The Morgan fingerprint density at radius 1 is 1.04 bits per heavy atom. The molecule has 1 aromatic carbocycles. The number of anilines is 1. The molecule has 1 atom stereocenters. The van der Waals surface area contributed by atoms with Gasteiger partial charge in [0.15, 0.2) is 0 Å². The molecule has 2 rings (SSSR count). The van der Waals surface area contributed by atoms with Crippen molar-refractivity contribution in [3.05, 3.63) is 18.2 Å². The third-order valence-corrected chi connectivity index (χ3v) is 4.31. The molecule has 0 unspecified atom stereocenters. The van der Waals surface area contributed by atoms with Crippen LogP contribution >= 0.6 is 0 Å². The van der Waals surface area contributed by atoms with E-state index in [2.05, 4.69) is 16.0 Å². The second kappa shape index (κ2) is 9.15. The third kappa shape index (κ3) is 5.85. The van der Waals surface area contributed by atoms with Crippen LogP contribution in [0.25, 0.3) is 0 Å². The van der Waals surface area contributed by atoms with Gasteiger partial charge in [-0.25, -0.2) is 4.79 Å². The lowest BCUT2D eigenvalue weighted by atomic mass is 9.96. The van der Waals surface area contributed by atoms with Crippen LogP contribution in [0.2, 0.25) is 0 Å². The van der Waals surface area contributed by atoms with Gasteiger partial charge >= 0.3 is 6.03 Å². The van der Waals surface area contributed by atoms with Gasteiger partial charge in [0.05, 0.1) is 14.2 Å². The van der Waals surface area contributed by atoms with Gasteiger partial charge in [-0.05, 0) is 19.8 Å². The highest BCUT2D eigenvalue weighted by molar-refractivity contribution is 5.98. The van der Waals surface area contributed by atoms with Gasteiger partial charge in [0, 0.05) is 29.9 Å². The molecule has 1 aromatic rings. The van der Waals surface area contributed by atoms with E-state index in [1.54, 1.807) is 39.3 Å². The van der Waals surface area contributed by atoms with Gasteiger partial charge in [-0.3, -0.25) is 10.1 Å². The zero-order valence-corrected chi connectivity index (χ0v) is 15.1. The first kappa shape index (κ1) is 18.9. The predicted octanol–water partition coefficient (Wildman–Crippen LogP) is 2.66. The van der Waals surface area contributed by atoms with Gasteiger partial charge in [-0.1, -0.05) is 19.3 Å². The number of carbonyl (C=O) groups is 2. The fourth-order valence-corrected chi connectivity index (χ4v) is 2.89. The highest BCUT2D eigenvalue weighted by Crippen LogP contribution is 2.26. The molecule has 1 saturated carbocycles. The Morgan fingerprint density at radius 2 is 1.64 bits per heavy atom. The maximum absolute atomic E-state index is 12.2. The molecule has 7 heteroatoms. The summed E-state index contributed by atoms with van der Waals surface area (Å²) >= 11 is 0.